The van der Waals surface area contributed by atoms with E-state index in [1.54, 1.807) is 48.5 Å². The van der Waals surface area contributed by atoms with Gasteiger partial charge in [0.15, 0.2) is 0 Å². The molecule has 4 heteroatoms. The Morgan fingerprint density at radius 2 is 1.72 bits per heavy atom. The van der Waals surface area contributed by atoms with E-state index in [0.29, 0.717) is 22.1 Å². The van der Waals surface area contributed by atoms with Crippen LogP contribution in [0.2, 0.25) is 5.02 Å². The molecule has 0 fully saturated rings. The number of carbonyl (C=O) groups excluding carboxylic acids is 1. The molecule has 2 aromatic carbocycles. The Morgan fingerprint density at radius 3 is 2.39 bits per heavy atom. The van der Waals surface area contributed by atoms with Crippen LogP contribution in [0.1, 0.15) is 10.4 Å². The summed E-state index contributed by atoms with van der Waals surface area (Å²) >= 11 is 5.79. The molecular formula is C14H11ClO3. The van der Waals surface area contributed by atoms with Crippen molar-refractivity contribution in [2.45, 2.75) is 0 Å². The summed E-state index contributed by atoms with van der Waals surface area (Å²) in [6, 6.07) is 13.8. The maximum Gasteiger partial charge on any atom is 0.341 e. The molecule has 0 aliphatic heterocycles. The molecule has 0 spiro atoms. The third-order valence-corrected chi connectivity index (χ3v) is 2.59. The van der Waals surface area contributed by atoms with Gasteiger partial charge in [0.2, 0.25) is 0 Å². The first-order chi connectivity index (χ1) is 8.70. The molecule has 0 saturated carbocycles. The van der Waals surface area contributed by atoms with Crippen molar-refractivity contribution in [1.82, 2.24) is 0 Å². The van der Waals surface area contributed by atoms with Gasteiger partial charge >= 0.3 is 5.97 Å². The Kier molecular flexibility index (Phi) is 3.85. The molecule has 0 aliphatic rings. The average Bonchev–Trinajstić information content (AvgIpc) is 2.41. The van der Waals surface area contributed by atoms with Gasteiger partial charge in [-0.3, -0.25) is 0 Å². The lowest BCUT2D eigenvalue weighted by Gasteiger charge is -2.09. The summed E-state index contributed by atoms with van der Waals surface area (Å²) in [6.45, 7) is 0. The van der Waals surface area contributed by atoms with Gasteiger partial charge in [0, 0.05) is 5.02 Å². The molecule has 0 aliphatic carbocycles. The van der Waals surface area contributed by atoms with Crippen LogP contribution in [-0.2, 0) is 4.74 Å². The minimum Gasteiger partial charge on any atom is -0.465 e. The zero-order chi connectivity index (χ0) is 13.0. The molecule has 0 saturated heterocycles. The topological polar surface area (TPSA) is 35.5 Å². The molecule has 0 atom stereocenters. The van der Waals surface area contributed by atoms with Gasteiger partial charge in [-0.05, 0) is 36.4 Å². The standard InChI is InChI=1S/C14H11ClO3/c1-17-14(16)12-4-2-3-5-13(12)18-11-8-6-10(15)7-9-11/h2-9H,1H3. The molecule has 0 unspecified atom stereocenters. The van der Waals surface area contributed by atoms with Gasteiger partial charge < -0.3 is 9.47 Å². The number of esters is 1. The first-order valence-corrected chi connectivity index (χ1v) is 5.69. The predicted molar refractivity (Wildman–Crippen MR) is 69.3 cm³/mol. The van der Waals surface area contributed by atoms with Crippen LogP contribution in [-0.4, -0.2) is 13.1 Å². The van der Waals surface area contributed by atoms with Crippen LogP contribution in [0, 0.1) is 0 Å². The van der Waals surface area contributed by atoms with Crippen LogP contribution in [0.15, 0.2) is 48.5 Å². The second-order valence-corrected chi connectivity index (χ2v) is 3.98. The minimum atomic E-state index is -0.431. The predicted octanol–water partition coefficient (Wildman–Crippen LogP) is 3.92. The Morgan fingerprint density at radius 1 is 1.06 bits per heavy atom. The van der Waals surface area contributed by atoms with Crippen LogP contribution < -0.4 is 4.74 Å². The molecule has 3 nitrogen and oxygen atoms in total. The van der Waals surface area contributed by atoms with E-state index in [1.807, 2.05) is 0 Å². The van der Waals surface area contributed by atoms with Crippen LogP contribution in [0.3, 0.4) is 0 Å². The van der Waals surface area contributed by atoms with Crippen molar-refractivity contribution in [3.05, 3.63) is 59.1 Å². The summed E-state index contributed by atoms with van der Waals surface area (Å²) in [5, 5.41) is 0.628. The number of ether oxygens (including phenoxy) is 2. The maximum atomic E-state index is 11.6. The van der Waals surface area contributed by atoms with Crippen molar-refractivity contribution in [3.8, 4) is 11.5 Å². The molecule has 0 radical (unpaired) electrons. The summed E-state index contributed by atoms with van der Waals surface area (Å²) in [6.07, 6.45) is 0. The molecule has 0 N–H and O–H groups in total. The minimum absolute atomic E-state index is 0.384. The monoisotopic (exact) mass is 262 g/mol. The highest BCUT2D eigenvalue weighted by Gasteiger charge is 2.12. The van der Waals surface area contributed by atoms with Gasteiger partial charge in [0.1, 0.15) is 17.1 Å². The molecule has 92 valence electrons. The highest BCUT2D eigenvalue weighted by Crippen LogP contribution is 2.26. The fourth-order valence-corrected chi connectivity index (χ4v) is 1.59. The van der Waals surface area contributed by atoms with Crippen LogP contribution in [0.4, 0.5) is 0 Å². The molecule has 2 aromatic rings. The SMILES string of the molecule is COC(=O)c1ccccc1Oc1ccc(Cl)cc1. The molecule has 0 heterocycles. The number of halogens is 1. The van der Waals surface area contributed by atoms with Crippen molar-refractivity contribution in [1.29, 1.82) is 0 Å². The van der Waals surface area contributed by atoms with Crippen LogP contribution in [0.25, 0.3) is 0 Å². The van der Waals surface area contributed by atoms with E-state index in [1.165, 1.54) is 7.11 Å². The number of methoxy groups -OCH3 is 1. The van der Waals surface area contributed by atoms with Gasteiger partial charge in [-0.2, -0.15) is 0 Å². The Balaban J connectivity index is 2.28. The fourth-order valence-electron chi connectivity index (χ4n) is 1.46. The summed E-state index contributed by atoms with van der Waals surface area (Å²) < 4.78 is 10.3. The van der Waals surface area contributed by atoms with Crippen molar-refractivity contribution in [3.63, 3.8) is 0 Å². The molecule has 2 rings (SSSR count). The normalized spacial score (nSPS) is 9.89. The van der Waals surface area contributed by atoms with E-state index in [0.717, 1.165) is 0 Å². The molecule has 18 heavy (non-hydrogen) atoms. The fraction of sp³-hybridized carbons (Fsp3) is 0.0714. The first-order valence-electron chi connectivity index (χ1n) is 5.31. The third-order valence-electron chi connectivity index (χ3n) is 2.33. The van der Waals surface area contributed by atoms with Crippen molar-refractivity contribution in [2.24, 2.45) is 0 Å². The number of hydrogen-bond acceptors (Lipinski definition) is 3. The number of hydrogen-bond donors (Lipinski definition) is 0. The van der Waals surface area contributed by atoms with Crippen LogP contribution >= 0.6 is 11.6 Å². The van der Waals surface area contributed by atoms with Gasteiger partial charge in [-0.1, -0.05) is 23.7 Å². The quantitative estimate of drug-likeness (QED) is 0.787. The average molecular weight is 263 g/mol. The smallest absolute Gasteiger partial charge is 0.341 e. The number of benzene rings is 2. The van der Waals surface area contributed by atoms with Crippen molar-refractivity contribution >= 4 is 17.6 Å². The second-order valence-electron chi connectivity index (χ2n) is 3.54. The zero-order valence-corrected chi connectivity index (χ0v) is 10.5. The van der Waals surface area contributed by atoms with E-state index in [-0.39, 0.29) is 0 Å². The maximum absolute atomic E-state index is 11.6. The van der Waals surface area contributed by atoms with Crippen molar-refractivity contribution < 1.29 is 14.3 Å². The Hall–Kier alpha value is -2.00. The van der Waals surface area contributed by atoms with E-state index >= 15 is 0 Å². The van der Waals surface area contributed by atoms with E-state index in [4.69, 9.17) is 21.1 Å². The van der Waals surface area contributed by atoms with E-state index in [2.05, 4.69) is 0 Å². The molecule has 0 aromatic heterocycles. The zero-order valence-electron chi connectivity index (χ0n) is 9.72. The Labute approximate surface area is 110 Å². The highest BCUT2D eigenvalue weighted by molar-refractivity contribution is 6.30. The molecule has 0 bridgehead atoms. The van der Waals surface area contributed by atoms with Crippen molar-refractivity contribution in [2.75, 3.05) is 7.11 Å². The number of rotatable bonds is 3. The third kappa shape index (κ3) is 2.81. The highest BCUT2D eigenvalue weighted by atomic mass is 35.5. The lowest BCUT2D eigenvalue weighted by Crippen LogP contribution is -2.03. The second kappa shape index (κ2) is 5.56. The van der Waals surface area contributed by atoms with Gasteiger partial charge in [0.05, 0.1) is 7.11 Å². The van der Waals surface area contributed by atoms with E-state index < -0.39 is 5.97 Å². The first kappa shape index (κ1) is 12.5. The summed E-state index contributed by atoms with van der Waals surface area (Å²) in [5.41, 5.74) is 0.384. The summed E-state index contributed by atoms with van der Waals surface area (Å²) in [7, 11) is 1.33. The summed E-state index contributed by atoms with van der Waals surface area (Å²) in [5.74, 6) is 0.627. The molecular weight excluding hydrogens is 252 g/mol. The van der Waals surface area contributed by atoms with Gasteiger partial charge in [-0.15, -0.1) is 0 Å². The van der Waals surface area contributed by atoms with Gasteiger partial charge in [0.25, 0.3) is 0 Å². The lowest BCUT2D eigenvalue weighted by molar-refractivity contribution is 0.0598. The van der Waals surface area contributed by atoms with Crippen LogP contribution in [0.5, 0.6) is 11.5 Å². The largest absolute Gasteiger partial charge is 0.465 e. The van der Waals surface area contributed by atoms with Gasteiger partial charge in [-0.25, -0.2) is 4.79 Å². The summed E-state index contributed by atoms with van der Waals surface area (Å²) in [4.78, 5) is 11.6. The number of carbonyl (C=O) groups is 1. The lowest BCUT2D eigenvalue weighted by atomic mass is 10.2. The van der Waals surface area contributed by atoms with E-state index in [9.17, 15) is 4.79 Å². The number of para-hydroxylation sites is 1. The Bertz CT molecular complexity index is 549. The molecule has 0 amide bonds.